The number of aromatic amines is 1. The molecule has 3 rings (SSSR count). The Morgan fingerprint density at radius 1 is 1.44 bits per heavy atom. The normalized spacial score (nSPS) is 14.1. The van der Waals surface area contributed by atoms with E-state index in [1.54, 1.807) is 11.8 Å². The molecule has 0 atom stereocenters. The number of benzene rings is 1. The van der Waals surface area contributed by atoms with Crippen LogP contribution in [0.4, 0.5) is 0 Å². The highest BCUT2D eigenvalue weighted by Gasteiger charge is 2.16. The molecule has 1 aromatic carbocycles. The number of ether oxygens (including phenoxy) is 2. The highest BCUT2D eigenvalue weighted by molar-refractivity contribution is 7.98. The number of rotatable bonds is 3. The molecule has 1 aliphatic rings. The molecule has 7 heteroatoms. The van der Waals surface area contributed by atoms with E-state index in [0.717, 1.165) is 27.8 Å². The number of hydrogen-bond donors (Lipinski definition) is 1. The minimum Gasteiger partial charge on any atom is -0.467 e. The number of hydrogen-bond acceptors (Lipinski definition) is 5. The largest absolute Gasteiger partial charge is 0.467 e. The summed E-state index contributed by atoms with van der Waals surface area (Å²) in [6.45, 7) is 0.824. The fraction of sp³-hybridized carbons (Fsp3) is 0.273. The Bertz CT molecular complexity index is 547. The Labute approximate surface area is 113 Å². The van der Waals surface area contributed by atoms with Gasteiger partial charge >= 0.3 is 0 Å². The minimum absolute atomic E-state index is 0.286. The SMILES string of the molecule is Clc1cc2c(c(CSc3ncn[nH]3)c1)OCOC2. The number of thioether (sulfide) groups is 1. The standard InChI is InChI=1S/C11H10ClN3O2S/c12-9-1-7-3-16-6-17-10(7)8(2-9)4-18-11-13-5-14-15-11/h1-2,5H,3-4,6H2,(H,13,14,15). The van der Waals surface area contributed by atoms with Gasteiger partial charge < -0.3 is 9.47 Å². The van der Waals surface area contributed by atoms with Crippen molar-refractivity contribution in [1.29, 1.82) is 0 Å². The first-order valence-electron chi connectivity index (χ1n) is 5.33. The molecule has 0 saturated heterocycles. The maximum absolute atomic E-state index is 6.09. The van der Waals surface area contributed by atoms with Crippen molar-refractivity contribution >= 4 is 23.4 Å². The van der Waals surface area contributed by atoms with E-state index in [4.69, 9.17) is 21.1 Å². The molecule has 5 nitrogen and oxygen atoms in total. The third kappa shape index (κ3) is 2.45. The summed E-state index contributed by atoms with van der Waals surface area (Å²) in [6.07, 6.45) is 1.49. The summed E-state index contributed by atoms with van der Waals surface area (Å²) in [5, 5.41) is 8.08. The molecule has 0 fully saturated rings. The van der Waals surface area contributed by atoms with Gasteiger partial charge in [0.2, 0.25) is 0 Å². The van der Waals surface area contributed by atoms with Crippen molar-refractivity contribution in [3.05, 3.63) is 34.6 Å². The molecule has 0 spiro atoms. The van der Waals surface area contributed by atoms with Crippen LogP contribution < -0.4 is 4.74 Å². The average Bonchev–Trinajstić information content (AvgIpc) is 2.89. The van der Waals surface area contributed by atoms with Gasteiger partial charge in [-0.3, -0.25) is 5.10 Å². The average molecular weight is 284 g/mol. The number of nitrogens with zero attached hydrogens (tertiary/aromatic N) is 2. The fourth-order valence-electron chi connectivity index (χ4n) is 1.77. The van der Waals surface area contributed by atoms with Gasteiger partial charge in [-0.2, -0.15) is 5.10 Å². The van der Waals surface area contributed by atoms with Gasteiger partial charge in [0.25, 0.3) is 0 Å². The Kier molecular flexibility index (Phi) is 3.40. The summed E-state index contributed by atoms with van der Waals surface area (Å²) in [4.78, 5) is 4.06. The van der Waals surface area contributed by atoms with Crippen LogP contribution in [0, 0.1) is 0 Å². The lowest BCUT2D eigenvalue weighted by Crippen LogP contribution is -2.12. The molecule has 2 heterocycles. The van der Waals surface area contributed by atoms with Crippen LogP contribution in [0.3, 0.4) is 0 Å². The van der Waals surface area contributed by atoms with Crippen LogP contribution in [-0.4, -0.2) is 22.0 Å². The zero-order valence-electron chi connectivity index (χ0n) is 9.35. The summed E-state index contributed by atoms with van der Waals surface area (Å²) >= 11 is 7.64. The third-order valence-corrected chi connectivity index (χ3v) is 3.65. The van der Waals surface area contributed by atoms with E-state index in [1.165, 1.54) is 6.33 Å². The van der Waals surface area contributed by atoms with Crippen molar-refractivity contribution < 1.29 is 9.47 Å². The third-order valence-electron chi connectivity index (χ3n) is 2.51. The molecular formula is C11H10ClN3O2S. The lowest BCUT2D eigenvalue weighted by atomic mass is 10.1. The maximum Gasteiger partial charge on any atom is 0.189 e. The van der Waals surface area contributed by atoms with Gasteiger partial charge in [-0.25, -0.2) is 4.98 Å². The summed E-state index contributed by atoms with van der Waals surface area (Å²) in [5.74, 6) is 1.59. The van der Waals surface area contributed by atoms with Crippen molar-refractivity contribution in [2.45, 2.75) is 17.5 Å². The molecule has 0 amide bonds. The maximum atomic E-state index is 6.09. The summed E-state index contributed by atoms with van der Waals surface area (Å²) in [5.41, 5.74) is 2.03. The monoisotopic (exact) mass is 283 g/mol. The molecule has 0 saturated carbocycles. The second-order valence-corrected chi connectivity index (χ2v) is 5.14. The lowest BCUT2D eigenvalue weighted by Gasteiger charge is -2.20. The van der Waals surface area contributed by atoms with Crippen molar-refractivity contribution in [3.63, 3.8) is 0 Å². The molecule has 2 aromatic rings. The van der Waals surface area contributed by atoms with E-state index in [9.17, 15) is 0 Å². The molecule has 0 unspecified atom stereocenters. The van der Waals surface area contributed by atoms with E-state index >= 15 is 0 Å². The zero-order valence-corrected chi connectivity index (χ0v) is 10.9. The Morgan fingerprint density at radius 3 is 3.22 bits per heavy atom. The number of H-pyrrole nitrogens is 1. The van der Waals surface area contributed by atoms with Crippen LogP contribution in [0.25, 0.3) is 0 Å². The van der Waals surface area contributed by atoms with Crippen LogP contribution in [-0.2, 0) is 17.1 Å². The van der Waals surface area contributed by atoms with E-state index in [1.807, 2.05) is 12.1 Å². The Balaban J connectivity index is 1.84. The predicted octanol–water partition coefficient (Wildman–Crippen LogP) is 2.62. The lowest BCUT2D eigenvalue weighted by molar-refractivity contribution is -0.0168. The zero-order chi connectivity index (χ0) is 12.4. The van der Waals surface area contributed by atoms with Crippen LogP contribution in [0.2, 0.25) is 5.02 Å². The van der Waals surface area contributed by atoms with Crippen molar-refractivity contribution in [1.82, 2.24) is 15.2 Å². The smallest absolute Gasteiger partial charge is 0.189 e. The van der Waals surface area contributed by atoms with Gasteiger partial charge in [-0.05, 0) is 12.1 Å². The Morgan fingerprint density at radius 2 is 2.39 bits per heavy atom. The minimum atomic E-state index is 0.286. The molecule has 1 aromatic heterocycles. The molecular weight excluding hydrogens is 274 g/mol. The van der Waals surface area contributed by atoms with Gasteiger partial charge in [-0.1, -0.05) is 23.4 Å². The number of nitrogens with one attached hydrogen (secondary N) is 1. The van der Waals surface area contributed by atoms with Gasteiger partial charge in [0.15, 0.2) is 11.9 Å². The highest BCUT2D eigenvalue weighted by Crippen LogP contribution is 2.34. The number of fused-ring (bicyclic) bond motifs is 1. The van der Waals surface area contributed by atoms with Crippen molar-refractivity contribution in [3.8, 4) is 5.75 Å². The van der Waals surface area contributed by atoms with E-state index < -0.39 is 0 Å². The van der Waals surface area contributed by atoms with E-state index in [0.29, 0.717) is 11.6 Å². The molecule has 0 bridgehead atoms. The first-order valence-corrected chi connectivity index (χ1v) is 6.69. The Hall–Kier alpha value is -1.24. The highest BCUT2D eigenvalue weighted by atomic mass is 35.5. The van der Waals surface area contributed by atoms with Crippen LogP contribution in [0.1, 0.15) is 11.1 Å². The quantitative estimate of drug-likeness (QED) is 0.878. The van der Waals surface area contributed by atoms with Crippen LogP contribution in [0.5, 0.6) is 5.75 Å². The number of halogens is 1. The predicted molar refractivity (Wildman–Crippen MR) is 67.7 cm³/mol. The molecule has 1 aliphatic heterocycles. The molecule has 0 radical (unpaired) electrons. The summed E-state index contributed by atoms with van der Waals surface area (Å²) < 4.78 is 10.8. The molecule has 94 valence electrons. The number of aromatic nitrogens is 3. The molecule has 0 aliphatic carbocycles. The first-order chi connectivity index (χ1) is 8.83. The van der Waals surface area contributed by atoms with Crippen LogP contribution in [0.15, 0.2) is 23.6 Å². The summed E-state index contributed by atoms with van der Waals surface area (Å²) in [6, 6.07) is 3.79. The van der Waals surface area contributed by atoms with Crippen molar-refractivity contribution in [2.24, 2.45) is 0 Å². The fourth-order valence-corrected chi connectivity index (χ4v) is 2.78. The van der Waals surface area contributed by atoms with E-state index in [-0.39, 0.29) is 6.79 Å². The van der Waals surface area contributed by atoms with Gasteiger partial charge in [0.05, 0.1) is 6.61 Å². The summed E-state index contributed by atoms with van der Waals surface area (Å²) in [7, 11) is 0. The van der Waals surface area contributed by atoms with Gasteiger partial charge in [0.1, 0.15) is 12.1 Å². The topological polar surface area (TPSA) is 60.0 Å². The van der Waals surface area contributed by atoms with Crippen LogP contribution >= 0.6 is 23.4 Å². The van der Waals surface area contributed by atoms with Gasteiger partial charge in [0, 0.05) is 21.9 Å². The first kappa shape index (κ1) is 11.8. The van der Waals surface area contributed by atoms with Crippen molar-refractivity contribution in [2.75, 3.05) is 6.79 Å². The molecule has 18 heavy (non-hydrogen) atoms. The van der Waals surface area contributed by atoms with E-state index in [2.05, 4.69) is 15.2 Å². The second kappa shape index (κ2) is 5.17. The van der Waals surface area contributed by atoms with Gasteiger partial charge in [-0.15, -0.1) is 0 Å². The second-order valence-electron chi connectivity index (χ2n) is 3.74. The molecule has 1 N–H and O–H groups in total.